The van der Waals surface area contributed by atoms with Gasteiger partial charge in [0.25, 0.3) is 0 Å². The molecule has 0 aliphatic carbocycles. The predicted octanol–water partition coefficient (Wildman–Crippen LogP) is 2.45. The lowest BCUT2D eigenvalue weighted by atomic mass is 10.0. The Morgan fingerprint density at radius 1 is 1.53 bits per heavy atom. The van der Waals surface area contributed by atoms with E-state index in [0.717, 1.165) is 6.54 Å². The summed E-state index contributed by atoms with van der Waals surface area (Å²) in [5, 5.41) is 17.4. The third kappa shape index (κ3) is 2.67. The Bertz CT molecular complexity index is 584. The van der Waals surface area contributed by atoms with Gasteiger partial charge in [-0.15, -0.1) is 0 Å². The van der Waals surface area contributed by atoms with Gasteiger partial charge in [0, 0.05) is 24.7 Å². The maximum absolute atomic E-state index is 11.4. The zero-order valence-electron chi connectivity index (χ0n) is 11.3. The van der Waals surface area contributed by atoms with Gasteiger partial charge < -0.3 is 9.63 Å². The fourth-order valence-corrected chi connectivity index (χ4v) is 1.91. The molecule has 2 heterocycles. The number of hydrogen-bond acceptors (Lipinski definition) is 4. The largest absolute Gasteiger partial charge is 0.477 e. The van der Waals surface area contributed by atoms with Gasteiger partial charge in [-0.3, -0.25) is 4.68 Å². The van der Waals surface area contributed by atoms with Crippen molar-refractivity contribution in [2.24, 2.45) is 5.92 Å². The lowest BCUT2D eigenvalue weighted by Gasteiger charge is -2.01. The van der Waals surface area contributed by atoms with Gasteiger partial charge in [-0.1, -0.05) is 19.0 Å². The van der Waals surface area contributed by atoms with Crippen LogP contribution in [0.4, 0.5) is 0 Å². The van der Waals surface area contributed by atoms with Gasteiger partial charge in [-0.2, -0.15) is 5.10 Å². The molecule has 2 aromatic heterocycles. The van der Waals surface area contributed by atoms with Crippen LogP contribution in [0.25, 0.3) is 11.3 Å². The SMILES string of the molecule is CCn1cc(-c2noc(CC(C)C)c2C(=O)O)cn1. The molecule has 0 saturated heterocycles. The Kier molecular flexibility index (Phi) is 3.69. The molecule has 6 nitrogen and oxygen atoms in total. The first-order valence-corrected chi connectivity index (χ1v) is 6.27. The summed E-state index contributed by atoms with van der Waals surface area (Å²) in [6, 6.07) is 0. The number of aromatic carboxylic acids is 1. The van der Waals surface area contributed by atoms with Crippen LogP contribution >= 0.6 is 0 Å². The third-order valence-electron chi connectivity index (χ3n) is 2.80. The average Bonchev–Trinajstić information content (AvgIpc) is 2.93. The third-order valence-corrected chi connectivity index (χ3v) is 2.80. The molecule has 102 valence electrons. The molecule has 6 heteroatoms. The number of nitrogens with zero attached hydrogens (tertiary/aromatic N) is 3. The van der Waals surface area contributed by atoms with E-state index in [1.54, 1.807) is 17.1 Å². The van der Waals surface area contributed by atoms with E-state index in [0.29, 0.717) is 29.4 Å². The van der Waals surface area contributed by atoms with E-state index in [2.05, 4.69) is 10.3 Å². The summed E-state index contributed by atoms with van der Waals surface area (Å²) in [5.41, 5.74) is 1.16. The lowest BCUT2D eigenvalue weighted by molar-refractivity contribution is 0.0695. The second-order valence-corrected chi connectivity index (χ2v) is 4.82. The molecule has 0 fully saturated rings. The predicted molar refractivity (Wildman–Crippen MR) is 68.9 cm³/mol. The summed E-state index contributed by atoms with van der Waals surface area (Å²) in [5.74, 6) is -0.296. The highest BCUT2D eigenvalue weighted by Gasteiger charge is 2.24. The van der Waals surface area contributed by atoms with E-state index in [1.807, 2.05) is 20.8 Å². The van der Waals surface area contributed by atoms with Crippen LogP contribution in [-0.2, 0) is 13.0 Å². The van der Waals surface area contributed by atoms with Gasteiger partial charge in [0.2, 0.25) is 0 Å². The highest BCUT2D eigenvalue weighted by atomic mass is 16.5. The number of aryl methyl sites for hydroxylation is 1. The number of hydrogen-bond donors (Lipinski definition) is 1. The fraction of sp³-hybridized carbons (Fsp3) is 0.462. The highest BCUT2D eigenvalue weighted by Crippen LogP contribution is 2.26. The average molecular weight is 263 g/mol. The van der Waals surface area contributed by atoms with Gasteiger partial charge >= 0.3 is 5.97 Å². The molecule has 0 atom stereocenters. The standard InChI is InChI=1S/C13H17N3O3/c1-4-16-7-9(6-14-16)12-11(13(17)18)10(19-15-12)5-8(2)3/h6-8H,4-5H2,1-3H3,(H,17,18). The lowest BCUT2D eigenvalue weighted by Crippen LogP contribution is -2.03. The van der Waals surface area contributed by atoms with E-state index in [4.69, 9.17) is 4.52 Å². The number of carboxylic acid groups (broad SMARTS) is 1. The Hall–Kier alpha value is -2.11. The summed E-state index contributed by atoms with van der Waals surface area (Å²) >= 11 is 0. The minimum Gasteiger partial charge on any atom is -0.477 e. The van der Waals surface area contributed by atoms with Gasteiger partial charge in [0.15, 0.2) is 5.76 Å². The Morgan fingerprint density at radius 2 is 2.26 bits per heavy atom. The van der Waals surface area contributed by atoms with Crippen molar-refractivity contribution >= 4 is 5.97 Å². The molecular formula is C13H17N3O3. The molecule has 0 unspecified atom stereocenters. The Morgan fingerprint density at radius 3 is 2.79 bits per heavy atom. The van der Waals surface area contributed by atoms with Crippen molar-refractivity contribution in [2.45, 2.75) is 33.7 Å². The normalized spacial score (nSPS) is 11.2. The first kappa shape index (κ1) is 13.3. The molecule has 2 aromatic rings. The van der Waals surface area contributed by atoms with Crippen molar-refractivity contribution in [3.63, 3.8) is 0 Å². The molecule has 0 bridgehead atoms. The Labute approximate surface area is 111 Å². The van der Waals surface area contributed by atoms with Crippen LogP contribution in [0, 0.1) is 5.92 Å². The maximum Gasteiger partial charge on any atom is 0.341 e. The van der Waals surface area contributed by atoms with Crippen LogP contribution in [0.2, 0.25) is 0 Å². The molecule has 0 spiro atoms. The fourth-order valence-electron chi connectivity index (χ4n) is 1.91. The van der Waals surface area contributed by atoms with Crippen LogP contribution in [0.1, 0.15) is 36.9 Å². The monoisotopic (exact) mass is 263 g/mol. The summed E-state index contributed by atoms with van der Waals surface area (Å²) in [6.45, 7) is 6.69. The molecular weight excluding hydrogens is 246 g/mol. The molecule has 2 rings (SSSR count). The van der Waals surface area contributed by atoms with Crippen molar-refractivity contribution < 1.29 is 14.4 Å². The van der Waals surface area contributed by atoms with Crippen molar-refractivity contribution in [2.75, 3.05) is 0 Å². The van der Waals surface area contributed by atoms with Crippen LogP contribution in [0.5, 0.6) is 0 Å². The highest BCUT2D eigenvalue weighted by molar-refractivity contribution is 5.95. The van der Waals surface area contributed by atoms with Crippen LogP contribution in [-0.4, -0.2) is 26.0 Å². The minimum atomic E-state index is -1.02. The van der Waals surface area contributed by atoms with Crippen LogP contribution in [0.15, 0.2) is 16.9 Å². The zero-order valence-corrected chi connectivity index (χ0v) is 11.3. The van der Waals surface area contributed by atoms with Crippen molar-refractivity contribution in [3.05, 3.63) is 23.7 Å². The molecule has 0 amide bonds. The van der Waals surface area contributed by atoms with Crippen molar-refractivity contribution in [3.8, 4) is 11.3 Å². The van der Waals surface area contributed by atoms with Crippen molar-refractivity contribution in [1.29, 1.82) is 0 Å². The number of carbonyl (C=O) groups is 1. The topological polar surface area (TPSA) is 81.2 Å². The summed E-state index contributed by atoms with van der Waals surface area (Å²) in [7, 11) is 0. The van der Waals surface area contributed by atoms with Gasteiger partial charge in [0.1, 0.15) is 11.3 Å². The first-order chi connectivity index (χ1) is 9.02. The van der Waals surface area contributed by atoms with Crippen LogP contribution in [0.3, 0.4) is 0 Å². The maximum atomic E-state index is 11.4. The molecule has 0 aromatic carbocycles. The van der Waals surface area contributed by atoms with E-state index < -0.39 is 5.97 Å². The summed E-state index contributed by atoms with van der Waals surface area (Å²) in [4.78, 5) is 11.4. The summed E-state index contributed by atoms with van der Waals surface area (Å²) < 4.78 is 6.92. The molecule has 0 radical (unpaired) electrons. The van der Waals surface area contributed by atoms with E-state index in [-0.39, 0.29) is 5.56 Å². The van der Waals surface area contributed by atoms with Gasteiger partial charge in [-0.25, -0.2) is 4.79 Å². The van der Waals surface area contributed by atoms with Gasteiger partial charge in [0.05, 0.1) is 6.20 Å². The minimum absolute atomic E-state index is 0.143. The van der Waals surface area contributed by atoms with E-state index >= 15 is 0 Å². The van der Waals surface area contributed by atoms with Crippen molar-refractivity contribution in [1.82, 2.24) is 14.9 Å². The number of rotatable bonds is 5. The molecule has 0 aliphatic rings. The number of carboxylic acids is 1. The zero-order chi connectivity index (χ0) is 14.0. The van der Waals surface area contributed by atoms with Crippen LogP contribution < -0.4 is 0 Å². The van der Waals surface area contributed by atoms with Gasteiger partial charge in [-0.05, 0) is 12.8 Å². The summed E-state index contributed by atoms with van der Waals surface area (Å²) in [6.07, 6.45) is 3.92. The smallest absolute Gasteiger partial charge is 0.341 e. The molecule has 1 N–H and O–H groups in total. The second-order valence-electron chi connectivity index (χ2n) is 4.82. The molecule has 0 saturated carbocycles. The Balaban J connectivity index is 2.45. The molecule has 0 aliphatic heterocycles. The molecule has 19 heavy (non-hydrogen) atoms. The first-order valence-electron chi connectivity index (χ1n) is 6.27. The quantitative estimate of drug-likeness (QED) is 0.896. The second kappa shape index (κ2) is 5.26. The van der Waals surface area contributed by atoms with E-state index in [9.17, 15) is 9.90 Å². The number of aromatic nitrogens is 3. The van der Waals surface area contributed by atoms with E-state index in [1.165, 1.54) is 0 Å².